The van der Waals surface area contributed by atoms with Crippen molar-refractivity contribution >= 4 is 10.9 Å². The molecule has 4 rings (SSSR count). The number of aliphatic hydroxyl groups excluding tert-OH is 1. The van der Waals surface area contributed by atoms with E-state index in [1.54, 1.807) is 24.4 Å². The molecule has 0 aliphatic carbocycles. The minimum atomic E-state index is -0.641. The number of aliphatic hydroxyl groups is 1. The first kappa shape index (κ1) is 19.0. The zero-order valence-electron chi connectivity index (χ0n) is 16.2. The van der Waals surface area contributed by atoms with Crippen LogP contribution in [0, 0.1) is 6.92 Å². The fourth-order valence-electron chi connectivity index (χ4n) is 3.40. The van der Waals surface area contributed by atoms with Crippen molar-refractivity contribution in [2.75, 3.05) is 6.61 Å². The second-order valence-corrected chi connectivity index (χ2v) is 7.14. The van der Waals surface area contributed by atoms with Gasteiger partial charge >= 0.3 is 0 Å². The van der Waals surface area contributed by atoms with E-state index in [1.165, 1.54) is 6.07 Å². The quantitative estimate of drug-likeness (QED) is 0.509. The summed E-state index contributed by atoms with van der Waals surface area (Å²) in [5.74, 6) is 0.657. The average Bonchev–Trinajstić information content (AvgIpc) is 3.06. The summed E-state index contributed by atoms with van der Waals surface area (Å²) >= 11 is 0. The first-order chi connectivity index (χ1) is 14.1. The Bertz CT molecular complexity index is 1160. The molecule has 0 aliphatic heterocycles. The molecule has 1 aromatic carbocycles. The molecule has 3 heterocycles. The Morgan fingerprint density at radius 3 is 2.90 bits per heavy atom. The third kappa shape index (κ3) is 4.55. The van der Waals surface area contributed by atoms with Gasteiger partial charge in [-0.05, 0) is 55.0 Å². The number of nitrogens with one attached hydrogen (secondary N) is 1. The summed E-state index contributed by atoms with van der Waals surface area (Å²) in [6, 6.07) is 16.6. The van der Waals surface area contributed by atoms with Crippen molar-refractivity contribution in [3.8, 4) is 5.75 Å². The Morgan fingerprint density at radius 2 is 2.07 bits per heavy atom. The minimum Gasteiger partial charge on any atom is -0.491 e. The van der Waals surface area contributed by atoms with Crippen LogP contribution < -0.4 is 10.3 Å². The number of rotatable bonds is 7. The molecular formula is C23H23N3O3. The standard InChI is InChI=1S/C23H23N3O3/c1-16-9-11-26(14-18-4-2-3-10-24-18)22(16)13-19(27)15-29-20-6-7-21-17(12-20)5-8-23(28)25-21/h2-12,19,27H,13-15H2,1H3,(H,25,28). The summed E-state index contributed by atoms with van der Waals surface area (Å²) < 4.78 is 7.91. The Kier molecular flexibility index (Phi) is 5.44. The maximum Gasteiger partial charge on any atom is 0.248 e. The second kappa shape index (κ2) is 8.32. The number of H-pyrrole nitrogens is 1. The Balaban J connectivity index is 1.41. The van der Waals surface area contributed by atoms with Gasteiger partial charge in [0.05, 0.1) is 18.3 Å². The number of aromatic amines is 1. The Morgan fingerprint density at radius 1 is 1.17 bits per heavy atom. The predicted octanol–water partition coefficient (Wildman–Crippen LogP) is 3.06. The molecular weight excluding hydrogens is 366 g/mol. The molecule has 3 aromatic heterocycles. The van der Waals surface area contributed by atoms with E-state index in [-0.39, 0.29) is 12.2 Å². The number of aromatic nitrogens is 3. The fraction of sp³-hybridized carbons (Fsp3) is 0.217. The van der Waals surface area contributed by atoms with E-state index in [9.17, 15) is 9.90 Å². The van der Waals surface area contributed by atoms with E-state index >= 15 is 0 Å². The molecule has 1 unspecified atom stereocenters. The zero-order valence-corrected chi connectivity index (χ0v) is 16.2. The van der Waals surface area contributed by atoms with Crippen LogP contribution in [0.25, 0.3) is 10.9 Å². The first-order valence-electron chi connectivity index (χ1n) is 9.57. The lowest BCUT2D eigenvalue weighted by molar-refractivity contribution is 0.106. The number of benzene rings is 1. The molecule has 0 bridgehead atoms. The molecule has 6 heteroatoms. The average molecular weight is 389 g/mol. The number of hydrogen-bond acceptors (Lipinski definition) is 4. The molecule has 0 amide bonds. The molecule has 0 aliphatic rings. The van der Waals surface area contributed by atoms with Gasteiger partial charge in [0.1, 0.15) is 12.4 Å². The molecule has 0 spiro atoms. The maximum atomic E-state index is 11.4. The lowest BCUT2D eigenvalue weighted by Crippen LogP contribution is -2.22. The molecule has 148 valence electrons. The van der Waals surface area contributed by atoms with Gasteiger partial charge in [-0.3, -0.25) is 9.78 Å². The molecule has 29 heavy (non-hydrogen) atoms. The van der Waals surface area contributed by atoms with Crippen LogP contribution >= 0.6 is 0 Å². The van der Waals surface area contributed by atoms with Gasteiger partial charge in [-0.1, -0.05) is 6.07 Å². The van der Waals surface area contributed by atoms with Crippen molar-refractivity contribution in [3.05, 3.63) is 94.3 Å². The van der Waals surface area contributed by atoms with Crippen molar-refractivity contribution in [2.45, 2.75) is 26.0 Å². The summed E-state index contributed by atoms with van der Waals surface area (Å²) in [5.41, 5.74) is 3.81. The highest BCUT2D eigenvalue weighted by molar-refractivity contribution is 5.79. The van der Waals surface area contributed by atoms with E-state index in [0.717, 1.165) is 27.9 Å². The van der Waals surface area contributed by atoms with E-state index in [1.807, 2.05) is 37.4 Å². The monoisotopic (exact) mass is 389 g/mol. The Hall–Kier alpha value is -3.38. The van der Waals surface area contributed by atoms with E-state index in [0.29, 0.717) is 18.7 Å². The van der Waals surface area contributed by atoms with Crippen LogP contribution in [0.3, 0.4) is 0 Å². The van der Waals surface area contributed by atoms with E-state index < -0.39 is 6.10 Å². The highest BCUT2D eigenvalue weighted by Gasteiger charge is 2.13. The summed E-state index contributed by atoms with van der Waals surface area (Å²) in [6.07, 6.45) is 3.66. The number of hydrogen-bond donors (Lipinski definition) is 2. The van der Waals surface area contributed by atoms with Crippen LogP contribution in [0.15, 0.2) is 71.8 Å². The van der Waals surface area contributed by atoms with Crippen molar-refractivity contribution in [3.63, 3.8) is 0 Å². The zero-order chi connectivity index (χ0) is 20.2. The van der Waals surface area contributed by atoms with E-state index in [2.05, 4.69) is 20.6 Å². The minimum absolute atomic E-state index is 0.134. The van der Waals surface area contributed by atoms with Gasteiger partial charge in [-0.15, -0.1) is 0 Å². The number of ether oxygens (including phenoxy) is 1. The summed E-state index contributed by atoms with van der Waals surface area (Å²) in [4.78, 5) is 18.5. The third-order valence-corrected chi connectivity index (χ3v) is 4.93. The van der Waals surface area contributed by atoms with Crippen LogP contribution in [0.2, 0.25) is 0 Å². The normalized spacial score (nSPS) is 12.2. The number of pyridine rings is 2. The maximum absolute atomic E-state index is 11.4. The molecule has 2 N–H and O–H groups in total. The number of nitrogens with zero attached hydrogens (tertiary/aromatic N) is 2. The lowest BCUT2D eigenvalue weighted by atomic mass is 10.1. The van der Waals surface area contributed by atoms with Gasteiger partial charge in [-0.2, -0.15) is 0 Å². The molecule has 0 saturated carbocycles. The van der Waals surface area contributed by atoms with Gasteiger partial charge in [0, 0.05) is 41.5 Å². The van der Waals surface area contributed by atoms with Gasteiger partial charge in [0.15, 0.2) is 0 Å². The molecule has 4 aromatic rings. The van der Waals surface area contributed by atoms with Crippen LogP contribution in [-0.4, -0.2) is 32.4 Å². The summed E-state index contributed by atoms with van der Waals surface area (Å²) in [5, 5.41) is 11.4. The smallest absolute Gasteiger partial charge is 0.248 e. The molecule has 1 atom stereocenters. The van der Waals surface area contributed by atoms with Gasteiger partial charge in [-0.25, -0.2) is 0 Å². The first-order valence-corrected chi connectivity index (χ1v) is 9.57. The van der Waals surface area contributed by atoms with Crippen molar-refractivity contribution in [1.82, 2.24) is 14.5 Å². The molecule has 0 radical (unpaired) electrons. The van der Waals surface area contributed by atoms with Crippen LogP contribution in [0.4, 0.5) is 0 Å². The Labute approximate surface area is 168 Å². The van der Waals surface area contributed by atoms with Crippen LogP contribution in [0.5, 0.6) is 5.75 Å². The van der Waals surface area contributed by atoms with Gasteiger partial charge in [0.25, 0.3) is 0 Å². The van der Waals surface area contributed by atoms with Crippen LogP contribution in [-0.2, 0) is 13.0 Å². The predicted molar refractivity (Wildman–Crippen MR) is 112 cm³/mol. The summed E-state index contributed by atoms with van der Waals surface area (Å²) in [6.45, 7) is 2.89. The second-order valence-electron chi connectivity index (χ2n) is 7.14. The van der Waals surface area contributed by atoms with Gasteiger partial charge in [0.2, 0.25) is 5.56 Å². The van der Waals surface area contributed by atoms with Crippen molar-refractivity contribution < 1.29 is 9.84 Å². The third-order valence-electron chi connectivity index (χ3n) is 4.93. The van der Waals surface area contributed by atoms with E-state index in [4.69, 9.17) is 4.74 Å². The number of fused-ring (bicyclic) bond motifs is 1. The summed E-state index contributed by atoms with van der Waals surface area (Å²) in [7, 11) is 0. The van der Waals surface area contributed by atoms with Crippen LogP contribution in [0.1, 0.15) is 17.0 Å². The molecule has 0 fully saturated rings. The highest BCUT2D eigenvalue weighted by atomic mass is 16.5. The SMILES string of the molecule is Cc1ccn(Cc2ccccn2)c1CC(O)COc1ccc2[nH]c(=O)ccc2c1. The number of aryl methyl sites for hydroxylation is 1. The largest absolute Gasteiger partial charge is 0.491 e. The van der Waals surface area contributed by atoms with Gasteiger partial charge < -0.3 is 19.4 Å². The molecule has 0 saturated heterocycles. The lowest BCUT2D eigenvalue weighted by Gasteiger charge is -2.16. The molecule has 6 nitrogen and oxygen atoms in total. The van der Waals surface area contributed by atoms with Crippen molar-refractivity contribution in [1.29, 1.82) is 0 Å². The topological polar surface area (TPSA) is 80.1 Å². The fourth-order valence-corrected chi connectivity index (χ4v) is 3.40. The highest BCUT2D eigenvalue weighted by Crippen LogP contribution is 2.19. The van der Waals surface area contributed by atoms with Crippen molar-refractivity contribution in [2.24, 2.45) is 0 Å².